The van der Waals surface area contributed by atoms with E-state index in [1.165, 1.54) is 12.5 Å². The van der Waals surface area contributed by atoms with Crippen LogP contribution in [0.2, 0.25) is 0 Å². The Morgan fingerprint density at radius 2 is 1.53 bits per heavy atom. The summed E-state index contributed by atoms with van der Waals surface area (Å²) in [6.07, 6.45) is 16.9. The zero-order valence-electron chi connectivity index (χ0n) is 39.9. The number of nitrogens with one attached hydrogen (secondary N) is 2. The number of hydrogen-bond donors (Lipinski definition) is 4. The number of fused-ring (bicyclic) bond motifs is 2. The van der Waals surface area contributed by atoms with E-state index in [4.69, 9.17) is 19.6 Å². The second-order valence-corrected chi connectivity index (χ2v) is 22.3. The van der Waals surface area contributed by atoms with Crippen molar-refractivity contribution in [1.29, 1.82) is 0 Å². The first kappa shape index (κ1) is 54.2. The third kappa shape index (κ3) is 15.1. The van der Waals surface area contributed by atoms with Crippen molar-refractivity contribution in [3.05, 3.63) is 119 Å². The van der Waals surface area contributed by atoms with E-state index in [0.29, 0.717) is 38.6 Å². The number of rotatable bonds is 26. The first-order valence-corrected chi connectivity index (χ1v) is 26.6. The summed E-state index contributed by atoms with van der Waals surface area (Å²) in [5.74, 6) is -0.482. The lowest BCUT2D eigenvalue weighted by Crippen LogP contribution is -2.42. The molecule has 4 N–H and O–H groups in total. The molecule has 2 aliphatic rings. The minimum Gasteiger partial charge on any atom is -0.445 e. The van der Waals surface area contributed by atoms with E-state index in [-0.39, 0.29) is 23.3 Å². The molecular weight excluding hydrogens is 929 g/mol. The zero-order valence-corrected chi connectivity index (χ0v) is 42.3. The fraction of sp³-hybridized carbons (Fsp3) is 0.420. The molecule has 15 nitrogen and oxygen atoms in total. The van der Waals surface area contributed by atoms with Crippen LogP contribution in [-0.4, -0.2) is 86.3 Å². The van der Waals surface area contributed by atoms with Crippen LogP contribution in [0.5, 0.6) is 0 Å². The average molecular weight is 994 g/mol. The highest BCUT2D eigenvalue weighted by molar-refractivity contribution is 8.01. The molecule has 3 aromatic rings. The number of unbranched alkanes of at least 4 members (excludes halogenated alkanes) is 3. The van der Waals surface area contributed by atoms with Crippen molar-refractivity contribution >= 4 is 73.8 Å². The van der Waals surface area contributed by atoms with Gasteiger partial charge in [-0.25, -0.2) is 15.3 Å². The normalized spacial score (nSPS) is 16.1. The number of carbonyl (C=O) groups is 3. The Hall–Kier alpha value is -4.76. The molecule has 68 heavy (non-hydrogen) atoms. The number of Topliss-reactive ketones (excluding diaryl/α,β-unsaturated/α-hetero) is 1. The van der Waals surface area contributed by atoms with Crippen molar-refractivity contribution < 1.29 is 57.2 Å². The number of nitrogens with zero attached hydrogens (tertiary/aromatic N) is 2. The van der Waals surface area contributed by atoms with Gasteiger partial charge in [-0.1, -0.05) is 72.5 Å². The van der Waals surface area contributed by atoms with Crippen LogP contribution in [0.1, 0.15) is 96.3 Å². The molecule has 0 spiro atoms. The van der Waals surface area contributed by atoms with Gasteiger partial charge in [-0.05, 0) is 110 Å². The van der Waals surface area contributed by atoms with E-state index in [2.05, 4.69) is 112 Å². The van der Waals surface area contributed by atoms with Gasteiger partial charge in [0.2, 0.25) is 11.6 Å². The van der Waals surface area contributed by atoms with E-state index < -0.39 is 27.4 Å². The van der Waals surface area contributed by atoms with Gasteiger partial charge in [-0.2, -0.15) is 4.58 Å². The maximum Gasteiger partial charge on any atom is 0.408 e. The van der Waals surface area contributed by atoms with E-state index in [1.807, 2.05) is 54.6 Å². The molecule has 0 aliphatic carbocycles. The number of ether oxygens (including phenoxy) is 1. The van der Waals surface area contributed by atoms with Gasteiger partial charge in [-0.3, -0.25) is 13.8 Å². The lowest BCUT2D eigenvalue weighted by molar-refractivity contribution is -0.438. The molecular formula is C50H65N4O11S3+. The number of hydrogen-bond acceptors (Lipinski definition) is 14. The molecule has 2 amide bonds. The van der Waals surface area contributed by atoms with Crippen molar-refractivity contribution in [2.24, 2.45) is 0 Å². The lowest BCUT2D eigenvalue weighted by Gasteiger charge is -2.25. The molecule has 0 radical (unpaired) electrons. The van der Waals surface area contributed by atoms with E-state index >= 15 is 0 Å². The average Bonchev–Trinajstić information content (AvgIpc) is 3.65. The monoisotopic (exact) mass is 993 g/mol. The molecule has 0 bridgehead atoms. The molecule has 18 heteroatoms. The Morgan fingerprint density at radius 3 is 2.21 bits per heavy atom. The van der Waals surface area contributed by atoms with Gasteiger partial charge in [0.15, 0.2) is 11.5 Å². The molecule has 0 aromatic heterocycles. The van der Waals surface area contributed by atoms with Crippen LogP contribution in [-0.2, 0) is 60.0 Å². The quantitative estimate of drug-likeness (QED) is 0.0113. The molecule has 3 aromatic carbocycles. The van der Waals surface area contributed by atoms with Crippen LogP contribution >= 0.6 is 24.1 Å². The second-order valence-electron chi connectivity index (χ2n) is 17.9. The number of amides is 2. The second kappa shape index (κ2) is 25.7. The summed E-state index contributed by atoms with van der Waals surface area (Å²) >= 11 is 1.87. The summed E-state index contributed by atoms with van der Waals surface area (Å²) in [4.78, 5) is 42.2. The molecule has 0 saturated heterocycles. The third-order valence-electron chi connectivity index (χ3n) is 11.9. The van der Waals surface area contributed by atoms with Gasteiger partial charge >= 0.3 is 6.09 Å². The Bertz CT molecular complexity index is 2470. The number of carbonyl (C=O) groups excluding carboxylic acids is 3. The van der Waals surface area contributed by atoms with Crippen LogP contribution in [0.25, 0.3) is 0 Å². The third-order valence-corrected chi connectivity index (χ3v) is 13.8. The Morgan fingerprint density at radius 1 is 0.838 bits per heavy atom. The SMILES string of the molecule is CCN1/C(=C/C=C/C=C/C2=[N+](CCCCCC(=O)NCCCC[C@H](NC(=O)OCc3ccccc3)C(=O)C=S(C)(C)=O)c3ccc(SOOO)cc3C2(C)C)C(C)(C)c2cc(SOOO)ccc21. The van der Waals surface area contributed by atoms with Gasteiger partial charge < -0.3 is 20.3 Å². The zero-order chi connectivity index (χ0) is 49.3. The van der Waals surface area contributed by atoms with Crippen LogP contribution in [0.3, 0.4) is 0 Å². The summed E-state index contributed by atoms with van der Waals surface area (Å²) in [7, 11) is -2.48. The first-order chi connectivity index (χ1) is 32.5. The molecule has 2 heterocycles. The molecule has 5 rings (SSSR count). The van der Waals surface area contributed by atoms with Crippen LogP contribution in [0.4, 0.5) is 16.2 Å². The minimum atomic E-state index is -2.48. The van der Waals surface area contributed by atoms with Gasteiger partial charge in [0.1, 0.15) is 13.2 Å². The van der Waals surface area contributed by atoms with Crippen molar-refractivity contribution in [3.8, 4) is 0 Å². The molecule has 0 unspecified atom stereocenters. The number of alkyl carbamates (subject to hydrolysis) is 1. The predicted octanol–water partition coefficient (Wildman–Crippen LogP) is 9.79. The maximum atomic E-state index is 12.9. The standard InChI is InChI=1S/C50H64N4O11S3/c1-8-53-42-28-26-37(66-64-62-58)32-39(42)49(2,3)45(53)23-14-10-15-24-46-50(4,5)40-33-38(67-65-63-59)27-29-43(40)54(46)31-19-11-16-25-47(56)51-30-18-17-22-41(44(55)35-68(6,7)60)52-48(57)61-34-36-20-12-9-13-21-36/h9-10,12-15,20-21,23-24,26-29,32-33,35,41H,8,11,16-19,22,25,30-31,34H2,1-7H3,(H3-,51,52,56,57,58,59)/p+1/t41-/m0/s1. The van der Waals surface area contributed by atoms with E-state index in [1.54, 1.807) is 0 Å². The van der Waals surface area contributed by atoms with E-state index in [0.717, 1.165) is 105 Å². The summed E-state index contributed by atoms with van der Waals surface area (Å²) in [6.45, 7) is 12.9. The minimum absolute atomic E-state index is 0.0487. The number of ketones is 1. The van der Waals surface area contributed by atoms with Crippen molar-refractivity contribution in [2.75, 3.05) is 37.0 Å². The Labute approximate surface area is 409 Å². The topological polar surface area (TPSA) is 185 Å². The fourth-order valence-corrected chi connectivity index (χ4v) is 10.1. The lowest BCUT2D eigenvalue weighted by atomic mass is 9.81. The molecule has 0 fully saturated rings. The van der Waals surface area contributed by atoms with Crippen LogP contribution < -0.4 is 15.5 Å². The van der Waals surface area contributed by atoms with Gasteiger partial charge in [0.05, 0.1) is 35.5 Å². The predicted molar refractivity (Wildman–Crippen MR) is 269 cm³/mol. The largest absolute Gasteiger partial charge is 0.445 e. The summed E-state index contributed by atoms with van der Waals surface area (Å²) in [5.41, 5.74) is 6.87. The Balaban J connectivity index is 1.16. The van der Waals surface area contributed by atoms with Crippen molar-refractivity contribution in [1.82, 2.24) is 10.6 Å². The number of likely N-dealkylation sites (N-methyl/N-ethyl adjacent to an activating group) is 1. The molecule has 0 saturated carbocycles. The summed E-state index contributed by atoms with van der Waals surface area (Å²) < 4.78 is 29.4. The molecule has 2 aliphatic heterocycles. The van der Waals surface area contributed by atoms with E-state index in [9.17, 15) is 18.6 Å². The smallest absolute Gasteiger partial charge is 0.408 e. The van der Waals surface area contributed by atoms with Gasteiger partial charge in [0, 0.05) is 88.1 Å². The van der Waals surface area contributed by atoms with Crippen molar-refractivity contribution in [2.45, 2.75) is 113 Å². The van der Waals surface area contributed by atoms with Crippen LogP contribution in [0.15, 0.2) is 113 Å². The number of anilines is 1. The number of allylic oxidation sites excluding steroid dienone is 6. The highest BCUT2D eigenvalue weighted by atomic mass is 32.2. The first-order valence-electron chi connectivity index (χ1n) is 22.6. The Kier molecular flexibility index (Phi) is 20.5. The highest BCUT2D eigenvalue weighted by Crippen LogP contribution is 2.49. The van der Waals surface area contributed by atoms with Crippen molar-refractivity contribution in [3.63, 3.8) is 0 Å². The maximum absolute atomic E-state index is 12.9. The summed E-state index contributed by atoms with van der Waals surface area (Å²) in [5, 5.41) is 31.9. The van der Waals surface area contributed by atoms with Gasteiger partial charge in [0.25, 0.3) is 0 Å². The molecule has 368 valence electrons. The summed E-state index contributed by atoms with van der Waals surface area (Å²) in [6, 6.07) is 20.4. The molecule has 1 atom stereocenters. The number of benzene rings is 3. The fourth-order valence-electron chi connectivity index (χ4n) is 8.54. The van der Waals surface area contributed by atoms with Gasteiger partial charge in [-0.15, -0.1) is 8.67 Å². The van der Waals surface area contributed by atoms with Crippen LogP contribution in [0, 0.1) is 0 Å². The highest BCUT2D eigenvalue weighted by Gasteiger charge is 2.44.